The van der Waals surface area contributed by atoms with Gasteiger partial charge in [-0.1, -0.05) is 12.1 Å². The third kappa shape index (κ3) is 6.06. The minimum Gasteiger partial charge on any atom is -0.383 e. The number of hydrogen-bond donors (Lipinski definition) is 3. The monoisotopic (exact) mass is 394 g/mol. The van der Waals surface area contributed by atoms with Gasteiger partial charge >= 0.3 is 6.03 Å². The Morgan fingerprint density at radius 2 is 1.72 bits per heavy atom. The van der Waals surface area contributed by atoms with Gasteiger partial charge in [-0.2, -0.15) is 5.10 Å². The Balaban J connectivity index is 1.30. The van der Waals surface area contributed by atoms with Gasteiger partial charge in [-0.05, 0) is 42.3 Å². The Bertz CT molecular complexity index is 924. The van der Waals surface area contributed by atoms with Gasteiger partial charge in [0.2, 0.25) is 0 Å². The summed E-state index contributed by atoms with van der Waals surface area (Å²) < 4.78 is 1.79. The van der Waals surface area contributed by atoms with Crippen LogP contribution < -0.4 is 16.0 Å². The topological polar surface area (TPSA) is 114 Å². The van der Waals surface area contributed by atoms with E-state index in [0.717, 1.165) is 23.4 Å². The van der Waals surface area contributed by atoms with E-state index in [0.29, 0.717) is 19.6 Å². The Morgan fingerprint density at radius 3 is 2.38 bits per heavy atom. The fourth-order valence-electron chi connectivity index (χ4n) is 2.70. The highest BCUT2D eigenvalue weighted by Gasteiger charge is 2.04. The average Bonchev–Trinajstić information content (AvgIpc) is 3.27. The largest absolute Gasteiger partial charge is 0.383 e. The van der Waals surface area contributed by atoms with Crippen molar-refractivity contribution < 1.29 is 9.72 Å². The number of nitrogens with zero attached hydrogens (tertiary/aromatic N) is 3. The fraction of sp³-hybridized carbons (Fsp3) is 0.200. The van der Waals surface area contributed by atoms with E-state index in [1.165, 1.54) is 12.1 Å². The summed E-state index contributed by atoms with van der Waals surface area (Å²) in [6.07, 6.45) is 4.35. The normalized spacial score (nSPS) is 10.3. The first-order valence-electron chi connectivity index (χ1n) is 9.21. The molecular weight excluding hydrogens is 372 g/mol. The van der Waals surface area contributed by atoms with Crippen LogP contribution in [0.25, 0.3) is 5.69 Å². The van der Waals surface area contributed by atoms with Crippen molar-refractivity contribution in [2.24, 2.45) is 0 Å². The standard InChI is InChI=1S/C20H22N6O3/c27-20(23-14-13-21-17-4-8-19(9-5-17)26(28)29)22-12-10-16-2-6-18(7-3-16)25-15-1-11-24-25/h1-9,11,15,21H,10,12-14H2,(H2,22,23,27). The summed E-state index contributed by atoms with van der Waals surface area (Å²) in [5.41, 5.74) is 2.92. The van der Waals surface area contributed by atoms with Crippen LogP contribution in [0.4, 0.5) is 16.2 Å². The molecule has 3 aromatic rings. The fourth-order valence-corrected chi connectivity index (χ4v) is 2.70. The van der Waals surface area contributed by atoms with Gasteiger partial charge in [0.15, 0.2) is 0 Å². The lowest BCUT2D eigenvalue weighted by molar-refractivity contribution is -0.384. The number of hydrogen-bond acceptors (Lipinski definition) is 5. The highest BCUT2D eigenvalue weighted by atomic mass is 16.6. The highest BCUT2D eigenvalue weighted by molar-refractivity contribution is 5.73. The minimum atomic E-state index is -0.441. The molecule has 9 heteroatoms. The number of rotatable bonds is 9. The number of benzene rings is 2. The molecule has 3 N–H and O–H groups in total. The number of carbonyl (C=O) groups is 1. The zero-order valence-corrected chi connectivity index (χ0v) is 15.7. The second kappa shape index (κ2) is 9.88. The summed E-state index contributed by atoms with van der Waals surface area (Å²) in [4.78, 5) is 22.0. The van der Waals surface area contributed by atoms with Crippen LogP contribution in [0.2, 0.25) is 0 Å². The molecule has 0 atom stereocenters. The van der Waals surface area contributed by atoms with Crippen LogP contribution in [-0.2, 0) is 6.42 Å². The first-order chi connectivity index (χ1) is 14.1. The molecule has 1 aromatic heterocycles. The van der Waals surface area contributed by atoms with E-state index in [1.54, 1.807) is 23.0 Å². The maximum atomic E-state index is 11.8. The minimum absolute atomic E-state index is 0.0454. The van der Waals surface area contributed by atoms with E-state index in [-0.39, 0.29) is 11.7 Å². The number of nitrogens with one attached hydrogen (secondary N) is 3. The van der Waals surface area contributed by atoms with Gasteiger partial charge in [0.05, 0.1) is 10.6 Å². The lowest BCUT2D eigenvalue weighted by atomic mass is 10.1. The summed E-state index contributed by atoms with van der Waals surface area (Å²) in [6, 6.07) is 15.8. The molecule has 0 saturated carbocycles. The maximum Gasteiger partial charge on any atom is 0.314 e. The number of carbonyl (C=O) groups excluding carboxylic acids is 1. The van der Waals surface area contributed by atoms with Crippen LogP contribution >= 0.6 is 0 Å². The molecule has 0 bridgehead atoms. The van der Waals surface area contributed by atoms with E-state index in [2.05, 4.69) is 21.0 Å². The predicted molar refractivity (Wildman–Crippen MR) is 110 cm³/mol. The predicted octanol–water partition coefficient (Wildman–Crippen LogP) is 2.73. The number of nitro groups is 1. The number of urea groups is 1. The molecule has 0 fully saturated rings. The van der Waals surface area contributed by atoms with Gasteiger partial charge in [0.25, 0.3) is 5.69 Å². The van der Waals surface area contributed by atoms with Crippen molar-refractivity contribution in [2.45, 2.75) is 6.42 Å². The van der Waals surface area contributed by atoms with E-state index in [1.807, 2.05) is 36.5 Å². The number of anilines is 1. The van der Waals surface area contributed by atoms with Crippen molar-refractivity contribution in [3.05, 3.63) is 82.7 Å². The van der Waals surface area contributed by atoms with Crippen molar-refractivity contribution in [3.8, 4) is 5.69 Å². The molecule has 150 valence electrons. The van der Waals surface area contributed by atoms with Crippen LogP contribution in [0.15, 0.2) is 67.0 Å². The van der Waals surface area contributed by atoms with Gasteiger partial charge in [0, 0.05) is 49.8 Å². The number of amides is 2. The van der Waals surface area contributed by atoms with Crippen molar-refractivity contribution in [1.29, 1.82) is 0 Å². The van der Waals surface area contributed by atoms with Crippen LogP contribution in [0.3, 0.4) is 0 Å². The molecule has 2 aromatic carbocycles. The van der Waals surface area contributed by atoms with Crippen molar-refractivity contribution >= 4 is 17.4 Å². The first kappa shape index (κ1) is 19.9. The lowest BCUT2D eigenvalue weighted by Crippen LogP contribution is -2.38. The second-order valence-corrected chi connectivity index (χ2v) is 6.28. The van der Waals surface area contributed by atoms with E-state index in [9.17, 15) is 14.9 Å². The van der Waals surface area contributed by atoms with Crippen LogP contribution in [0.1, 0.15) is 5.56 Å². The Hall–Kier alpha value is -3.88. The van der Waals surface area contributed by atoms with Gasteiger partial charge in [-0.15, -0.1) is 0 Å². The Morgan fingerprint density at radius 1 is 1.00 bits per heavy atom. The molecule has 0 unspecified atom stereocenters. The van der Waals surface area contributed by atoms with Gasteiger partial charge in [-0.25, -0.2) is 9.48 Å². The number of non-ortho nitro benzene ring substituents is 1. The van der Waals surface area contributed by atoms with Gasteiger partial charge in [-0.3, -0.25) is 10.1 Å². The molecule has 9 nitrogen and oxygen atoms in total. The van der Waals surface area contributed by atoms with Crippen molar-refractivity contribution in [3.63, 3.8) is 0 Å². The summed E-state index contributed by atoms with van der Waals surface area (Å²) >= 11 is 0. The Labute approximate surface area is 167 Å². The molecule has 0 aliphatic carbocycles. The molecule has 0 radical (unpaired) electrons. The molecule has 0 aliphatic heterocycles. The van der Waals surface area contributed by atoms with E-state index < -0.39 is 4.92 Å². The number of nitro benzene ring substituents is 1. The third-order valence-corrected chi connectivity index (χ3v) is 4.22. The number of aromatic nitrogens is 2. The molecule has 2 amide bonds. The maximum absolute atomic E-state index is 11.8. The van der Waals surface area contributed by atoms with Crippen LogP contribution in [0, 0.1) is 10.1 Å². The molecule has 0 aliphatic rings. The van der Waals surface area contributed by atoms with Crippen LogP contribution in [-0.4, -0.2) is 40.4 Å². The van der Waals surface area contributed by atoms with E-state index in [4.69, 9.17) is 0 Å². The summed E-state index contributed by atoms with van der Waals surface area (Å²) in [5, 5.41) is 23.5. The summed E-state index contributed by atoms with van der Waals surface area (Å²) in [6.45, 7) is 1.48. The van der Waals surface area contributed by atoms with Gasteiger partial charge in [0.1, 0.15) is 0 Å². The van der Waals surface area contributed by atoms with Crippen LogP contribution in [0.5, 0.6) is 0 Å². The Kier molecular flexibility index (Phi) is 6.77. The van der Waals surface area contributed by atoms with E-state index >= 15 is 0 Å². The first-order valence-corrected chi connectivity index (χ1v) is 9.21. The summed E-state index contributed by atoms with van der Waals surface area (Å²) in [7, 11) is 0. The molecule has 1 heterocycles. The lowest BCUT2D eigenvalue weighted by Gasteiger charge is -2.09. The molecule has 0 spiro atoms. The smallest absolute Gasteiger partial charge is 0.314 e. The van der Waals surface area contributed by atoms with Crippen molar-refractivity contribution in [2.75, 3.05) is 25.0 Å². The molecular formula is C20H22N6O3. The zero-order valence-electron chi connectivity index (χ0n) is 15.7. The zero-order chi connectivity index (χ0) is 20.5. The highest BCUT2D eigenvalue weighted by Crippen LogP contribution is 2.14. The summed E-state index contributed by atoms with van der Waals surface area (Å²) in [5.74, 6) is 0. The molecule has 29 heavy (non-hydrogen) atoms. The SMILES string of the molecule is O=C(NCCNc1ccc([N+](=O)[O-])cc1)NCCc1ccc(-n2cccn2)cc1. The third-order valence-electron chi connectivity index (χ3n) is 4.22. The quantitative estimate of drug-likeness (QED) is 0.293. The molecule has 0 saturated heterocycles. The average molecular weight is 394 g/mol. The van der Waals surface area contributed by atoms with Gasteiger partial charge < -0.3 is 16.0 Å². The molecule has 3 rings (SSSR count). The van der Waals surface area contributed by atoms with Crippen molar-refractivity contribution in [1.82, 2.24) is 20.4 Å². The second-order valence-electron chi connectivity index (χ2n) is 6.28.